The number of carboxylic acid groups (broad SMARTS) is 2. The Kier molecular flexibility index (Phi) is 12.5. The van der Waals surface area contributed by atoms with Gasteiger partial charge in [0.15, 0.2) is 0 Å². The van der Waals surface area contributed by atoms with Crippen molar-refractivity contribution in [1.82, 2.24) is 9.88 Å². The van der Waals surface area contributed by atoms with E-state index in [1.807, 2.05) is 24.3 Å². The number of carboxylic acids is 2. The first-order valence-electron chi connectivity index (χ1n) is 12.5. The average molecular weight is 623 g/mol. The van der Waals surface area contributed by atoms with E-state index in [-0.39, 0.29) is 11.7 Å². The van der Waals surface area contributed by atoms with E-state index < -0.39 is 24.3 Å². The number of phenolic OH excluding ortho intramolecular Hbond substituents is 1. The summed E-state index contributed by atoms with van der Waals surface area (Å²) in [6, 6.07) is 13.1. The SMILES string of the molecule is N#Cc1ccc(NC[C@H]2CC[C@@]3(COCCN(Cc4cccc(O)c4)C3)O2)nc1.O=C(O)C(F)(F)F.O=C(O)C(F)(F)F. The van der Waals surface area contributed by atoms with E-state index in [4.69, 9.17) is 34.5 Å². The third-order valence-electron chi connectivity index (χ3n) is 5.97. The Bertz CT molecular complexity index is 1230. The second-order valence-corrected chi connectivity index (χ2v) is 9.43. The van der Waals surface area contributed by atoms with Gasteiger partial charge in [0.25, 0.3) is 0 Å². The number of halogens is 6. The molecule has 2 fully saturated rings. The zero-order valence-electron chi connectivity index (χ0n) is 22.4. The Morgan fingerprint density at radius 1 is 1.12 bits per heavy atom. The number of aliphatic carboxylic acids is 2. The molecule has 1 spiro atoms. The molecule has 1 aromatic carbocycles. The molecule has 2 aliphatic heterocycles. The number of ether oxygens (including phenoxy) is 2. The molecule has 0 unspecified atom stereocenters. The van der Waals surface area contributed by atoms with E-state index in [9.17, 15) is 31.4 Å². The number of nitrogens with one attached hydrogen (secondary N) is 1. The molecule has 0 saturated carbocycles. The number of rotatable bonds is 5. The molecule has 236 valence electrons. The zero-order valence-corrected chi connectivity index (χ0v) is 22.4. The van der Waals surface area contributed by atoms with Gasteiger partial charge >= 0.3 is 24.3 Å². The predicted molar refractivity (Wildman–Crippen MR) is 136 cm³/mol. The van der Waals surface area contributed by atoms with Crippen molar-refractivity contribution in [2.75, 3.05) is 38.2 Å². The average Bonchev–Trinajstić information content (AvgIpc) is 3.21. The molecule has 17 heteroatoms. The topological polar surface area (TPSA) is 165 Å². The first kappa shape index (κ1) is 35.1. The summed E-state index contributed by atoms with van der Waals surface area (Å²) >= 11 is 0. The minimum Gasteiger partial charge on any atom is -0.508 e. The molecule has 0 aliphatic carbocycles. The first-order chi connectivity index (χ1) is 20.0. The predicted octanol–water partition coefficient (Wildman–Crippen LogP) is 3.79. The molecule has 2 saturated heterocycles. The van der Waals surface area contributed by atoms with Crippen LogP contribution in [-0.4, -0.2) is 94.0 Å². The first-order valence-corrected chi connectivity index (χ1v) is 12.5. The lowest BCUT2D eigenvalue weighted by Crippen LogP contribution is -2.44. The summed E-state index contributed by atoms with van der Waals surface area (Å²) in [5, 5.41) is 36.1. The number of hydrogen-bond acceptors (Lipinski definition) is 9. The molecular formula is C26H28F6N4O7. The minimum absolute atomic E-state index is 0.0942. The van der Waals surface area contributed by atoms with Gasteiger partial charge in [0.05, 0.1) is 24.9 Å². The van der Waals surface area contributed by atoms with E-state index in [1.165, 1.54) is 0 Å². The number of aromatic nitrogens is 1. The van der Waals surface area contributed by atoms with Gasteiger partial charge in [-0.2, -0.15) is 31.6 Å². The maximum absolute atomic E-state index is 10.6. The monoisotopic (exact) mass is 622 g/mol. The van der Waals surface area contributed by atoms with Crippen LogP contribution in [0.4, 0.5) is 32.2 Å². The molecule has 2 aliphatic rings. The van der Waals surface area contributed by atoms with E-state index in [2.05, 4.69) is 21.3 Å². The molecule has 0 bridgehead atoms. The van der Waals surface area contributed by atoms with Crippen LogP contribution in [-0.2, 0) is 25.6 Å². The van der Waals surface area contributed by atoms with E-state index in [0.29, 0.717) is 31.1 Å². The van der Waals surface area contributed by atoms with Crippen LogP contribution in [0, 0.1) is 11.3 Å². The van der Waals surface area contributed by atoms with Gasteiger partial charge in [-0.25, -0.2) is 14.6 Å². The Balaban J connectivity index is 0.000000384. The molecule has 2 atom stereocenters. The van der Waals surface area contributed by atoms with Crippen molar-refractivity contribution in [2.45, 2.75) is 43.4 Å². The van der Waals surface area contributed by atoms with Crippen molar-refractivity contribution in [3.8, 4) is 11.8 Å². The number of phenols is 1. The molecule has 3 heterocycles. The summed E-state index contributed by atoms with van der Waals surface area (Å²) < 4.78 is 75.8. The van der Waals surface area contributed by atoms with Crippen LogP contribution in [0.15, 0.2) is 42.6 Å². The number of nitriles is 1. The van der Waals surface area contributed by atoms with E-state index >= 15 is 0 Å². The maximum atomic E-state index is 10.6. The molecule has 43 heavy (non-hydrogen) atoms. The maximum Gasteiger partial charge on any atom is 0.490 e. The number of anilines is 1. The molecule has 4 N–H and O–H groups in total. The van der Waals surface area contributed by atoms with Gasteiger partial charge in [-0.05, 0) is 42.7 Å². The number of alkyl halides is 6. The molecule has 0 amide bonds. The van der Waals surface area contributed by atoms with Crippen molar-refractivity contribution in [3.63, 3.8) is 0 Å². The molecule has 2 aromatic rings. The van der Waals surface area contributed by atoms with Crippen LogP contribution < -0.4 is 5.32 Å². The Morgan fingerprint density at radius 3 is 2.30 bits per heavy atom. The quantitative estimate of drug-likeness (QED) is 0.359. The standard InChI is InChI=1S/C22H26N4O3.2C2HF3O2/c23-11-18-4-5-21(24-12-18)25-13-20-6-7-22(29-20)15-26(8-9-28-16-22)14-17-2-1-3-19(27)10-17;2*3-2(4,5)1(6)7/h1-5,10,12,20,27H,6-9,13-16H2,(H,24,25);2*(H,6,7)/t20-,22-;;/m1../s1. The zero-order chi connectivity index (χ0) is 32.3. The fourth-order valence-corrected chi connectivity index (χ4v) is 4.08. The van der Waals surface area contributed by atoms with Gasteiger partial charge < -0.3 is 30.1 Å². The van der Waals surface area contributed by atoms with Crippen molar-refractivity contribution < 1.29 is 60.7 Å². The summed E-state index contributed by atoms with van der Waals surface area (Å²) in [5.41, 5.74) is 1.34. The number of aromatic hydroxyl groups is 1. The molecule has 0 radical (unpaired) electrons. The number of nitrogens with zero attached hydrogens (tertiary/aromatic N) is 3. The van der Waals surface area contributed by atoms with Crippen molar-refractivity contribution in [1.29, 1.82) is 5.26 Å². The lowest BCUT2D eigenvalue weighted by atomic mass is 10.00. The number of hydrogen-bond donors (Lipinski definition) is 4. The van der Waals surface area contributed by atoms with Crippen LogP contribution >= 0.6 is 0 Å². The van der Waals surface area contributed by atoms with Gasteiger partial charge in [-0.15, -0.1) is 0 Å². The van der Waals surface area contributed by atoms with Crippen molar-refractivity contribution >= 4 is 17.8 Å². The Morgan fingerprint density at radius 2 is 1.77 bits per heavy atom. The molecular weight excluding hydrogens is 594 g/mol. The fraction of sp³-hybridized carbons (Fsp3) is 0.462. The largest absolute Gasteiger partial charge is 0.508 e. The number of benzene rings is 1. The van der Waals surface area contributed by atoms with Crippen molar-refractivity contribution in [3.05, 3.63) is 53.7 Å². The van der Waals surface area contributed by atoms with Gasteiger partial charge in [-0.3, -0.25) is 4.90 Å². The van der Waals surface area contributed by atoms with Crippen LogP contribution in [0.25, 0.3) is 0 Å². The van der Waals surface area contributed by atoms with Crippen molar-refractivity contribution in [2.24, 2.45) is 0 Å². The summed E-state index contributed by atoms with van der Waals surface area (Å²) in [5.74, 6) is -4.47. The van der Waals surface area contributed by atoms with Crippen LogP contribution in [0.1, 0.15) is 24.0 Å². The normalized spacial score (nSPS) is 20.4. The third kappa shape index (κ3) is 12.3. The summed E-state index contributed by atoms with van der Waals surface area (Å²) in [4.78, 5) is 24.4. The highest BCUT2D eigenvalue weighted by Crippen LogP contribution is 2.33. The highest BCUT2D eigenvalue weighted by atomic mass is 19.4. The Labute approximate surface area is 241 Å². The Hall–Kier alpha value is -4.14. The van der Waals surface area contributed by atoms with Crippen LogP contribution in [0.3, 0.4) is 0 Å². The smallest absolute Gasteiger partial charge is 0.490 e. The lowest BCUT2D eigenvalue weighted by Gasteiger charge is -2.32. The molecule has 11 nitrogen and oxygen atoms in total. The van der Waals surface area contributed by atoms with E-state index in [1.54, 1.807) is 18.3 Å². The van der Waals surface area contributed by atoms with Gasteiger partial charge in [0, 0.05) is 32.4 Å². The van der Waals surface area contributed by atoms with Gasteiger partial charge in [0.1, 0.15) is 23.2 Å². The highest BCUT2D eigenvalue weighted by Gasteiger charge is 2.43. The second-order valence-electron chi connectivity index (χ2n) is 9.43. The third-order valence-corrected chi connectivity index (χ3v) is 5.97. The summed E-state index contributed by atoms with van der Waals surface area (Å²) in [7, 11) is 0. The number of carbonyl (C=O) groups is 2. The minimum atomic E-state index is -5.08. The number of pyridine rings is 1. The van der Waals surface area contributed by atoms with Gasteiger partial charge in [0.2, 0.25) is 0 Å². The fourth-order valence-electron chi connectivity index (χ4n) is 4.08. The van der Waals surface area contributed by atoms with E-state index in [0.717, 1.165) is 43.9 Å². The van der Waals surface area contributed by atoms with Crippen LogP contribution in [0.5, 0.6) is 5.75 Å². The van der Waals surface area contributed by atoms with Crippen LogP contribution in [0.2, 0.25) is 0 Å². The second kappa shape index (κ2) is 15.4. The molecule has 1 aromatic heterocycles. The summed E-state index contributed by atoms with van der Waals surface area (Å²) in [6.45, 7) is 4.39. The summed E-state index contributed by atoms with van der Waals surface area (Å²) in [6.07, 6.45) is -6.59. The lowest BCUT2D eigenvalue weighted by molar-refractivity contribution is -0.193. The highest BCUT2D eigenvalue weighted by molar-refractivity contribution is 5.73. The van der Waals surface area contributed by atoms with Gasteiger partial charge in [-0.1, -0.05) is 12.1 Å². The molecule has 4 rings (SSSR count).